The fourth-order valence-corrected chi connectivity index (χ4v) is 1.07. The van der Waals surface area contributed by atoms with Crippen LogP contribution in [-0.2, 0) is 14.3 Å². The number of carboxylic acid groups (broad SMARTS) is 1. The zero-order chi connectivity index (χ0) is 11.7. The van der Waals surface area contributed by atoms with Crippen molar-refractivity contribution in [2.24, 2.45) is 0 Å². The maximum absolute atomic E-state index is 11.4. The summed E-state index contributed by atoms with van der Waals surface area (Å²) in [6, 6.07) is 0. The maximum atomic E-state index is 11.4. The van der Waals surface area contributed by atoms with Gasteiger partial charge in [0.25, 0.3) is 0 Å². The molecule has 6 heteroatoms. The normalized spacial score (nSPS) is 10.0. The third-order valence-electron chi connectivity index (χ3n) is 1.80. The predicted molar refractivity (Wildman–Crippen MR) is 52.4 cm³/mol. The molecule has 0 radical (unpaired) electrons. The first-order chi connectivity index (χ1) is 7.11. The SMILES string of the molecule is COCC(=O)N(CCCO)CCC(=O)O. The summed E-state index contributed by atoms with van der Waals surface area (Å²) in [5.41, 5.74) is 0. The number of carboxylic acids is 1. The number of methoxy groups -OCH3 is 1. The molecule has 0 aliphatic carbocycles. The highest BCUT2D eigenvalue weighted by atomic mass is 16.5. The number of aliphatic carboxylic acids is 1. The van der Waals surface area contributed by atoms with Crippen molar-refractivity contribution in [3.8, 4) is 0 Å². The Bertz CT molecular complexity index is 207. The van der Waals surface area contributed by atoms with Crippen LogP contribution in [0.3, 0.4) is 0 Å². The first kappa shape index (κ1) is 13.9. The summed E-state index contributed by atoms with van der Waals surface area (Å²) in [5, 5.41) is 17.1. The summed E-state index contributed by atoms with van der Waals surface area (Å²) in [6.45, 7) is 0.415. The van der Waals surface area contributed by atoms with Crippen LogP contribution in [-0.4, -0.2) is 60.4 Å². The Morgan fingerprint density at radius 3 is 2.47 bits per heavy atom. The van der Waals surface area contributed by atoms with Crippen molar-refractivity contribution in [3.63, 3.8) is 0 Å². The van der Waals surface area contributed by atoms with Gasteiger partial charge in [-0.3, -0.25) is 9.59 Å². The summed E-state index contributed by atoms with van der Waals surface area (Å²) >= 11 is 0. The van der Waals surface area contributed by atoms with E-state index in [1.165, 1.54) is 12.0 Å². The smallest absolute Gasteiger partial charge is 0.305 e. The number of carbonyl (C=O) groups excluding carboxylic acids is 1. The fourth-order valence-electron chi connectivity index (χ4n) is 1.07. The number of aliphatic hydroxyl groups excluding tert-OH is 1. The summed E-state index contributed by atoms with van der Waals surface area (Å²) in [6.07, 6.45) is 0.343. The van der Waals surface area contributed by atoms with Crippen molar-refractivity contribution in [1.82, 2.24) is 4.90 Å². The van der Waals surface area contributed by atoms with Gasteiger partial charge in [-0.2, -0.15) is 0 Å². The molecular formula is C9H17NO5. The molecule has 0 saturated carbocycles. The second-order valence-corrected chi connectivity index (χ2v) is 3.03. The molecule has 0 unspecified atom stereocenters. The minimum absolute atomic E-state index is 0.0240. The lowest BCUT2D eigenvalue weighted by atomic mass is 10.3. The maximum Gasteiger partial charge on any atom is 0.305 e. The van der Waals surface area contributed by atoms with Gasteiger partial charge in [-0.25, -0.2) is 0 Å². The summed E-state index contributed by atoms with van der Waals surface area (Å²) in [4.78, 5) is 23.1. The lowest BCUT2D eigenvalue weighted by molar-refractivity contribution is -0.139. The Morgan fingerprint density at radius 2 is 2.00 bits per heavy atom. The number of ether oxygens (including phenoxy) is 1. The molecule has 0 spiro atoms. The number of hydrogen-bond donors (Lipinski definition) is 2. The first-order valence-electron chi connectivity index (χ1n) is 4.71. The fraction of sp³-hybridized carbons (Fsp3) is 0.778. The van der Waals surface area contributed by atoms with E-state index in [2.05, 4.69) is 4.74 Å². The molecule has 15 heavy (non-hydrogen) atoms. The number of rotatable bonds is 8. The number of hydrogen-bond acceptors (Lipinski definition) is 4. The monoisotopic (exact) mass is 219 g/mol. The first-order valence-corrected chi connectivity index (χ1v) is 4.71. The number of nitrogens with zero attached hydrogens (tertiary/aromatic N) is 1. The van der Waals surface area contributed by atoms with Crippen molar-refractivity contribution in [2.45, 2.75) is 12.8 Å². The van der Waals surface area contributed by atoms with Gasteiger partial charge in [0, 0.05) is 26.8 Å². The molecule has 0 saturated heterocycles. The van der Waals surface area contributed by atoms with Crippen LogP contribution < -0.4 is 0 Å². The average molecular weight is 219 g/mol. The highest BCUT2D eigenvalue weighted by Gasteiger charge is 2.13. The van der Waals surface area contributed by atoms with Gasteiger partial charge in [0.15, 0.2) is 0 Å². The Hall–Kier alpha value is -1.14. The minimum Gasteiger partial charge on any atom is -0.481 e. The summed E-state index contributed by atoms with van der Waals surface area (Å²) < 4.78 is 4.67. The standard InChI is InChI=1S/C9H17NO5/c1-15-7-8(12)10(4-2-6-11)5-3-9(13)14/h11H,2-7H2,1H3,(H,13,14). The van der Waals surface area contributed by atoms with Crippen molar-refractivity contribution in [2.75, 3.05) is 33.4 Å². The van der Waals surface area contributed by atoms with E-state index in [4.69, 9.17) is 10.2 Å². The van der Waals surface area contributed by atoms with E-state index in [9.17, 15) is 9.59 Å². The van der Waals surface area contributed by atoms with Gasteiger partial charge in [0.1, 0.15) is 6.61 Å². The van der Waals surface area contributed by atoms with Crippen LogP contribution in [0.1, 0.15) is 12.8 Å². The molecule has 0 fully saturated rings. The lowest BCUT2D eigenvalue weighted by Gasteiger charge is -2.21. The predicted octanol–water partition coefficient (Wildman–Crippen LogP) is -0.681. The molecule has 0 bridgehead atoms. The molecule has 0 aliphatic rings. The highest BCUT2D eigenvalue weighted by molar-refractivity contribution is 5.78. The average Bonchev–Trinajstić information content (AvgIpc) is 2.17. The van der Waals surface area contributed by atoms with Gasteiger partial charge in [0.2, 0.25) is 5.91 Å². The largest absolute Gasteiger partial charge is 0.481 e. The van der Waals surface area contributed by atoms with Gasteiger partial charge < -0.3 is 19.8 Å². The van der Waals surface area contributed by atoms with Gasteiger partial charge in [-0.15, -0.1) is 0 Å². The van der Waals surface area contributed by atoms with Crippen LogP contribution >= 0.6 is 0 Å². The van der Waals surface area contributed by atoms with E-state index >= 15 is 0 Å². The zero-order valence-corrected chi connectivity index (χ0v) is 8.81. The van der Waals surface area contributed by atoms with Crippen molar-refractivity contribution >= 4 is 11.9 Å². The highest BCUT2D eigenvalue weighted by Crippen LogP contribution is 1.96. The zero-order valence-electron chi connectivity index (χ0n) is 8.81. The Kier molecular flexibility index (Phi) is 7.57. The number of carbonyl (C=O) groups is 2. The summed E-state index contributed by atoms with van der Waals surface area (Å²) in [7, 11) is 1.40. The van der Waals surface area contributed by atoms with Gasteiger partial charge in [-0.1, -0.05) is 0 Å². The van der Waals surface area contributed by atoms with Crippen LogP contribution in [0.5, 0.6) is 0 Å². The Labute approximate surface area is 88.4 Å². The minimum atomic E-state index is -0.950. The second kappa shape index (κ2) is 8.19. The Balaban J connectivity index is 4.04. The molecule has 2 N–H and O–H groups in total. The summed E-state index contributed by atoms with van der Waals surface area (Å²) in [5.74, 6) is -1.21. The molecule has 0 atom stereocenters. The van der Waals surface area contributed by atoms with E-state index in [0.717, 1.165) is 0 Å². The van der Waals surface area contributed by atoms with Crippen LogP contribution in [0.25, 0.3) is 0 Å². The van der Waals surface area contributed by atoms with Crippen LogP contribution in [0.4, 0.5) is 0 Å². The lowest BCUT2D eigenvalue weighted by Crippen LogP contribution is -2.36. The van der Waals surface area contributed by atoms with Crippen LogP contribution in [0.15, 0.2) is 0 Å². The van der Waals surface area contributed by atoms with E-state index < -0.39 is 5.97 Å². The molecule has 0 rings (SSSR count). The van der Waals surface area contributed by atoms with Gasteiger partial charge in [0.05, 0.1) is 6.42 Å². The van der Waals surface area contributed by atoms with Crippen LogP contribution in [0, 0.1) is 0 Å². The quantitative estimate of drug-likeness (QED) is 0.564. The van der Waals surface area contributed by atoms with Gasteiger partial charge >= 0.3 is 5.97 Å². The van der Waals surface area contributed by atoms with E-state index in [0.29, 0.717) is 13.0 Å². The molecule has 6 nitrogen and oxygen atoms in total. The molecule has 0 aromatic rings. The van der Waals surface area contributed by atoms with Crippen LogP contribution in [0.2, 0.25) is 0 Å². The topological polar surface area (TPSA) is 87.1 Å². The molecule has 0 aromatic heterocycles. The molecular weight excluding hydrogens is 202 g/mol. The van der Waals surface area contributed by atoms with E-state index in [1.54, 1.807) is 0 Å². The third-order valence-corrected chi connectivity index (χ3v) is 1.80. The number of amides is 1. The third kappa shape index (κ3) is 6.87. The van der Waals surface area contributed by atoms with E-state index in [-0.39, 0.29) is 32.1 Å². The molecule has 0 aliphatic heterocycles. The molecule has 88 valence electrons. The van der Waals surface area contributed by atoms with Crippen molar-refractivity contribution in [1.29, 1.82) is 0 Å². The molecule has 1 amide bonds. The second-order valence-electron chi connectivity index (χ2n) is 3.03. The Morgan fingerprint density at radius 1 is 1.33 bits per heavy atom. The van der Waals surface area contributed by atoms with Crippen molar-refractivity contribution in [3.05, 3.63) is 0 Å². The van der Waals surface area contributed by atoms with E-state index in [1.807, 2.05) is 0 Å². The molecule has 0 heterocycles. The number of aliphatic hydroxyl groups is 1. The van der Waals surface area contributed by atoms with Gasteiger partial charge in [-0.05, 0) is 6.42 Å². The molecule has 0 aromatic carbocycles. The van der Waals surface area contributed by atoms with Crippen molar-refractivity contribution < 1.29 is 24.5 Å².